The number of carbonyl (C=O) groups excluding carboxylic acids is 1. The fourth-order valence-corrected chi connectivity index (χ4v) is 1.43. The molecule has 1 aromatic rings. The minimum Gasteiger partial charge on any atom is -0.464 e. The maximum atomic E-state index is 11.1. The smallest absolute Gasteiger partial charge is 0.339 e. The maximum absolute atomic E-state index is 11.1. The summed E-state index contributed by atoms with van der Waals surface area (Å²) in [5.41, 5.74) is 0.427. The number of carbonyl (C=O) groups is 1. The van der Waals surface area contributed by atoms with Crippen molar-refractivity contribution in [2.75, 3.05) is 6.61 Å². The van der Waals surface area contributed by atoms with E-state index < -0.39 is 17.0 Å². The Bertz CT molecular complexity index is 536. The number of benzene rings is 1. The number of ether oxygens (including phenoxy) is 1. The van der Waals surface area contributed by atoms with E-state index in [9.17, 15) is 20.0 Å². The maximum Gasteiger partial charge on any atom is 0.339 e. The molecule has 0 radical (unpaired) electrons. The molecule has 6 nitrogen and oxygen atoms in total. The number of nitro benzene ring substituents is 1. The zero-order valence-electron chi connectivity index (χ0n) is 10.9. The van der Waals surface area contributed by atoms with Crippen LogP contribution in [-0.4, -0.2) is 28.7 Å². The van der Waals surface area contributed by atoms with Crippen molar-refractivity contribution in [3.63, 3.8) is 0 Å². The van der Waals surface area contributed by atoms with E-state index in [-0.39, 0.29) is 12.3 Å². The van der Waals surface area contributed by atoms with Crippen LogP contribution in [0.3, 0.4) is 0 Å². The first-order chi connectivity index (χ1) is 9.56. The van der Waals surface area contributed by atoms with Crippen LogP contribution in [0.2, 0.25) is 0 Å². The first-order valence-corrected chi connectivity index (χ1v) is 5.99. The molecule has 0 saturated carbocycles. The van der Waals surface area contributed by atoms with Gasteiger partial charge in [0.05, 0.1) is 17.1 Å². The standard InChI is InChI=1S/C14H15NO5/c1-2-20-14(17)13(16)10-6-4-8-11-7-3-5-9-12(11)15(18)19/h3-10,13,16H,2H2,1H3/b8-4+,10-6+/t13-/m0/s1. The Kier molecular flexibility index (Phi) is 6.12. The Morgan fingerprint density at radius 1 is 1.45 bits per heavy atom. The SMILES string of the molecule is CCOC(=O)[C@@H](O)/C=C/C=C/c1ccccc1[N+](=O)[O-]. The molecule has 0 unspecified atom stereocenters. The first-order valence-electron chi connectivity index (χ1n) is 5.99. The summed E-state index contributed by atoms with van der Waals surface area (Å²) in [5.74, 6) is -0.733. The molecule has 0 spiro atoms. The van der Waals surface area contributed by atoms with Gasteiger partial charge in [0.15, 0.2) is 6.10 Å². The van der Waals surface area contributed by atoms with Gasteiger partial charge in [-0.05, 0) is 25.1 Å². The van der Waals surface area contributed by atoms with Crippen molar-refractivity contribution in [1.82, 2.24) is 0 Å². The molecule has 0 aliphatic heterocycles. The van der Waals surface area contributed by atoms with Gasteiger partial charge in [0.1, 0.15) is 0 Å². The van der Waals surface area contributed by atoms with E-state index in [1.165, 1.54) is 30.4 Å². The topological polar surface area (TPSA) is 89.7 Å². The lowest BCUT2D eigenvalue weighted by Crippen LogP contribution is -2.20. The number of rotatable bonds is 6. The Balaban J connectivity index is 2.70. The minimum atomic E-state index is -1.34. The molecular formula is C14H15NO5. The molecule has 0 aliphatic rings. The van der Waals surface area contributed by atoms with Crippen molar-refractivity contribution in [3.05, 3.63) is 58.2 Å². The van der Waals surface area contributed by atoms with Crippen LogP contribution in [0, 0.1) is 10.1 Å². The van der Waals surface area contributed by atoms with E-state index in [4.69, 9.17) is 0 Å². The van der Waals surface area contributed by atoms with Crippen molar-refractivity contribution in [2.24, 2.45) is 0 Å². The monoisotopic (exact) mass is 277 g/mol. The van der Waals surface area contributed by atoms with Crippen LogP contribution in [0.5, 0.6) is 0 Å². The number of hydrogen-bond acceptors (Lipinski definition) is 5. The second-order valence-electron chi connectivity index (χ2n) is 3.76. The highest BCUT2D eigenvalue weighted by molar-refractivity contribution is 5.76. The van der Waals surface area contributed by atoms with Gasteiger partial charge in [-0.1, -0.05) is 24.3 Å². The Morgan fingerprint density at radius 3 is 2.80 bits per heavy atom. The number of hydrogen-bond donors (Lipinski definition) is 1. The molecule has 1 atom stereocenters. The van der Waals surface area contributed by atoms with Crippen molar-refractivity contribution in [1.29, 1.82) is 0 Å². The summed E-state index contributed by atoms with van der Waals surface area (Å²) in [6.45, 7) is 1.83. The highest BCUT2D eigenvalue weighted by Crippen LogP contribution is 2.18. The third-order valence-electron chi connectivity index (χ3n) is 2.34. The molecule has 1 N–H and O–H groups in total. The number of aliphatic hydroxyl groups excluding tert-OH is 1. The summed E-state index contributed by atoms with van der Waals surface area (Å²) in [5, 5.41) is 20.2. The second-order valence-corrected chi connectivity index (χ2v) is 3.76. The predicted molar refractivity (Wildman–Crippen MR) is 73.9 cm³/mol. The summed E-state index contributed by atoms with van der Waals surface area (Å²) >= 11 is 0. The molecule has 20 heavy (non-hydrogen) atoms. The van der Waals surface area contributed by atoms with Gasteiger partial charge in [0.2, 0.25) is 0 Å². The van der Waals surface area contributed by atoms with Crippen LogP contribution in [0.25, 0.3) is 6.08 Å². The highest BCUT2D eigenvalue weighted by Gasteiger charge is 2.11. The fourth-order valence-electron chi connectivity index (χ4n) is 1.43. The number of nitrogens with zero attached hydrogens (tertiary/aromatic N) is 1. The first kappa shape index (κ1) is 15.6. The molecule has 106 valence electrons. The number of aliphatic hydroxyl groups is 1. The quantitative estimate of drug-likeness (QED) is 0.372. The molecule has 0 aliphatic carbocycles. The molecule has 6 heteroatoms. The van der Waals surface area contributed by atoms with Crippen molar-refractivity contribution >= 4 is 17.7 Å². The van der Waals surface area contributed by atoms with Gasteiger partial charge in [-0.2, -0.15) is 0 Å². The van der Waals surface area contributed by atoms with Crippen molar-refractivity contribution < 1.29 is 19.6 Å². The molecule has 0 heterocycles. The van der Waals surface area contributed by atoms with E-state index in [2.05, 4.69) is 4.74 Å². The average molecular weight is 277 g/mol. The van der Waals surface area contributed by atoms with Gasteiger partial charge in [-0.15, -0.1) is 0 Å². The summed E-state index contributed by atoms with van der Waals surface area (Å²) in [7, 11) is 0. The molecule has 0 aromatic heterocycles. The summed E-state index contributed by atoms with van der Waals surface area (Å²) < 4.78 is 4.62. The minimum absolute atomic E-state index is 0.0110. The van der Waals surface area contributed by atoms with Gasteiger partial charge in [0, 0.05) is 6.07 Å². The molecular weight excluding hydrogens is 262 g/mol. The van der Waals surface area contributed by atoms with E-state index >= 15 is 0 Å². The Morgan fingerprint density at radius 2 is 2.15 bits per heavy atom. The molecule has 0 amide bonds. The Hall–Kier alpha value is -2.47. The van der Waals surface area contributed by atoms with Crippen LogP contribution in [0.4, 0.5) is 5.69 Å². The van der Waals surface area contributed by atoms with E-state index in [1.807, 2.05) is 0 Å². The summed E-state index contributed by atoms with van der Waals surface area (Å²) in [4.78, 5) is 21.4. The number of nitro groups is 1. The van der Waals surface area contributed by atoms with Crippen LogP contribution in [-0.2, 0) is 9.53 Å². The van der Waals surface area contributed by atoms with Crippen molar-refractivity contribution in [3.8, 4) is 0 Å². The normalized spacial score (nSPS) is 12.7. The zero-order chi connectivity index (χ0) is 15.0. The highest BCUT2D eigenvalue weighted by atomic mass is 16.6. The van der Waals surface area contributed by atoms with Crippen LogP contribution >= 0.6 is 0 Å². The van der Waals surface area contributed by atoms with E-state index in [0.717, 1.165) is 0 Å². The Labute approximate surface area is 116 Å². The lowest BCUT2D eigenvalue weighted by molar-refractivity contribution is -0.385. The van der Waals surface area contributed by atoms with Crippen LogP contribution < -0.4 is 0 Å². The van der Waals surface area contributed by atoms with Gasteiger partial charge < -0.3 is 9.84 Å². The van der Waals surface area contributed by atoms with Gasteiger partial charge >= 0.3 is 5.97 Å². The lowest BCUT2D eigenvalue weighted by atomic mass is 10.1. The number of esters is 1. The van der Waals surface area contributed by atoms with Crippen LogP contribution in [0.15, 0.2) is 42.5 Å². The molecule has 1 rings (SSSR count). The van der Waals surface area contributed by atoms with E-state index in [0.29, 0.717) is 5.56 Å². The molecule has 0 saturated heterocycles. The average Bonchev–Trinajstić information content (AvgIpc) is 2.43. The van der Waals surface area contributed by atoms with Crippen molar-refractivity contribution in [2.45, 2.75) is 13.0 Å². The largest absolute Gasteiger partial charge is 0.464 e. The lowest BCUT2D eigenvalue weighted by Gasteiger charge is -2.03. The van der Waals surface area contributed by atoms with E-state index in [1.54, 1.807) is 25.1 Å². The molecule has 1 aromatic carbocycles. The fraction of sp³-hybridized carbons (Fsp3) is 0.214. The summed E-state index contributed by atoms with van der Waals surface area (Å²) in [6.07, 6.45) is 4.35. The number of para-hydroxylation sites is 1. The zero-order valence-corrected chi connectivity index (χ0v) is 10.9. The molecule has 0 fully saturated rings. The van der Waals surface area contributed by atoms with Crippen LogP contribution in [0.1, 0.15) is 12.5 Å². The second kappa shape index (κ2) is 7.85. The summed E-state index contributed by atoms with van der Waals surface area (Å²) in [6, 6.07) is 6.26. The predicted octanol–water partition coefficient (Wildman–Crippen LogP) is 2.09. The third kappa shape index (κ3) is 4.66. The molecule has 0 bridgehead atoms. The van der Waals surface area contributed by atoms with Gasteiger partial charge in [0.25, 0.3) is 5.69 Å². The van der Waals surface area contributed by atoms with Gasteiger partial charge in [-0.25, -0.2) is 4.79 Å². The number of allylic oxidation sites excluding steroid dienone is 2. The van der Waals surface area contributed by atoms with Gasteiger partial charge in [-0.3, -0.25) is 10.1 Å². The third-order valence-corrected chi connectivity index (χ3v) is 2.34.